The van der Waals surface area contributed by atoms with Crippen LogP contribution in [0.5, 0.6) is 11.5 Å². The Bertz CT molecular complexity index is 580. The normalized spacial score (nSPS) is 14.1. The molecule has 1 atom stereocenters. The number of hydrogen-bond donors (Lipinski definition) is 2. The molecule has 1 aromatic rings. The third kappa shape index (κ3) is 6.72. The molecule has 0 saturated heterocycles. The van der Waals surface area contributed by atoms with Gasteiger partial charge in [-0.2, -0.15) is 26.3 Å². The van der Waals surface area contributed by atoms with E-state index < -0.39 is 44.1 Å². The lowest BCUT2D eigenvalue weighted by atomic mass is 10.3. The van der Waals surface area contributed by atoms with Gasteiger partial charge in [-0.1, -0.05) is 6.07 Å². The van der Waals surface area contributed by atoms with Crippen LogP contribution < -0.4 is 9.47 Å². The monoisotopic (exact) mass is 408 g/mol. The van der Waals surface area contributed by atoms with Crippen molar-refractivity contribution in [3.63, 3.8) is 0 Å². The largest absolute Gasteiger partial charge is 0.497 e. The van der Waals surface area contributed by atoms with E-state index >= 15 is 0 Å². The quantitative estimate of drug-likeness (QED) is 0.408. The van der Waals surface area contributed by atoms with Crippen molar-refractivity contribution in [3.8, 4) is 11.5 Å². The number of aliphatic hydroxyl groups is 2. The highest BCUT2D eigenvalue weighted by Gasteiger charge is 2.73. The van der Waals surface area contributed by atoms with Crippen LogP contribution in [0, 0.1) is 0 Å². The minimum Gasteiger partial charge on any atom is -0.497 e. The summed E-state index contributed by atoms with van der Waals surface area (Å²) in [6.45, 7) is -2.56. The zero-order chi connectivity index (χ0) is 20.7. The first kappa shape index (κ1) is 23.3. The molecule has 0 bridgehead atoms. The second kappa shape index (κ2) is 9.44. The summed E-state index contributed by atoms with van der Waals surface area (Å²) in [7, 11) is 1.45. The predicted molar refractivity (Wildman–Crippen MR) is 78.3 cm³/mol. The Morgan fingerprint density at radius 3 is 2.22 bits per heavy atom. The van der Waals surface area contributed by atoms with E-state index in [-0.39, 0.29) is 6.61 Å². The molecule has 2 N–H and O–H groups in total. The minimum absolute atomic E-state index is 0.237. The Hall–Kier alpha value is -1.76. The van der Waals surface area contributed by atoms with Crippen LogP contribution in [0.25, 0.3) is 0 Å². The van der Waals surface area contributed by atoms with E-state index in [1.54, 1.807) is 24.3 Å². The van der Waals surface area contributed by atoms with Crippen molar-refractivity contribution in [1.82, 2.24) is 0 Å². The molecular formula is C15H18F6O6. The fraction of sp³-hybridized carbons (Fsp3) is 0.600. The van der Waals surface area contributed by atoms with Gasteiger partial charge in [0.25, 0.3) is 0 Å². The molecule has 6 nitrogen and oxygen atoms in total. The van der Waals surface area contributed by atoms with Crippen molar-refractivity contribution in [3.05, 3.63) is 24.3 Å². The SMILES string of the molecule is COc1cccc(OCC(O)COCCOC(F)(F)C(F)(F)C(O)(F)F)c1. The van der Waals surface area contributed by atoms with Crippen molar-refractivity contribution in [2.45, 2.75) is 24.2 Å². The summed E-state index contributed by atoms with van der Waals surface area (Å²) in [5, 5.41) is 17.4. The van der Waals surface area contributed by atoms with Crippen LogP contribution in [0.4, 0.5) is 26.3 Å². The van der Waals surface area contributed by atoms with Crippen LogP contribution in [0.2, 0.25) is 0 Å². The number of rotatable bonds is 12. The number of ether oxygens (including phenoxy) is 4. The summed E-state index contributed by atoms with van der Waals surface area (Å²) in [4.78, 5) is 0. The molecule has 0 aromatic heterocycles. The third-order valence-electron chi connectivity index (χ3n) is 3.05. The topological polar surface area (TPSA) is 77.4 Å². The summed E-state index contributed by atoms with van der Waals surface area (Å²) in [6, 6.07) is 6.43. The second-order valence-electron chi connectivity index (χ2n) is 5.20. The molecule has 12 heteroatoms. The molecular weight excluding hydrogens is 390 g/mol. The maximum atomic E-state index is 12.9. The summed E-state index contributed by atoms with van der Waals surface area (Å²) in [6.07, 6.45) is -12.8. The van der Waals surface area contributed by atoms with Gasteiger partial charge in [0, 0.05) is 6.07 Å². The molecule has 156 valence electrons. The minimum atomic E-state index is -6.12. The van der Waals surface area contributed by atoms with E-state index in [0.717, 1.165) is 0 Å². The van der Waals surface area contributed by atoms with Gasteiger partial charge in [0.1, 0.15) is 24.2 Å². The van der Waals surface area contributed by atoms with Crippen molar-refractivity contribution >= 4 is 0 Å². The first-order valence-electron chi connectivity index (χ1n) is 7.43. The van der Waals surface area contributed by atoms with Crippen LogP contribution >= 0.6 is 0 Å². The number of benzene rings is 1. The average Bonchev–Trinajstić information content (AvgIpc) is 2.58. The van der Waals surface area contributed by atoms with Crippen molar-refractivity contribution in [1.29, 1.82) is 0 Å². The van der Waals surface area contributed by atoms with Gasteiger partial charge in [-0.05, 0) is 12.1 Å². The Balaban J connectivity index is 2.29. The molecule has 0 aliphatic rings. The molecule has 0 saturated carbocycles. The molecule has 0 aliphatic heterocycles. The number of alkyl halides is 6. The van der Waals surface area contributed by atoms with Gasteiger partial charge >= 0.3 is 18.1 Å². The Kier molecular flexibility index (Phi) is 8.14. The van der Waals surface area contributed by atoms with E-state index in [9.17, 15) is 31.4 Å². The van der Waals surface area contributed by atoms with E-state index in [2.05, 4.69) is 4.74 Å². The van der Waals surface area contributed by atoms with Crippen molar-refractivity contribution < 1.29 is 55.5 Å². The molecule has 0 heterocycles. The zero-order valence-electron chi connectivity index (χ0n) is 14.0. The summed E-state index contributed by atoms with van der Waals surface area (Å²) >= 11 is 0. The Labute approximate surface area is 150 Å². The van der Waals surface area contributed by atoms with Gasteiger partial charge in [0.05, 0.1) is 26.9 Å². The molecule has 0 fully saturated rings. The molecule has 1 rings (SSSR count). The molecule has 1 unspecified atom stereocenters. The second-order valence-corrected chi connectivity index (χ2v) is 5.20. The molecule has 0 amide bonds. The summed E-state index contributed by atoms with van der Waals surface area (Å²) in [5.41, 5.74) is 0. The van der Waals surface area contributed by atoms with Crippen LogP contribution in [0.1, 0.15) is 0 Å². The highest BCUT2D eigenvalue weighted by atomic mass is 19.4. The highest BCUT2D eigenvalue weighted by Crippen LogP contribution is 2.44. The van der Waals surface area contributed by atoms with E-state index in [4.69, 9.17) is 19.3 Å². The first-order chi connectivity index (χ1) is 12.4. The first-order valence-corrected chi connectivity index (χ1v) is 7.43. The maximum absolute atomic E-state index is 12.9. The standard InChI is InChI=1S/C15H18F6O6/c1-24-11-3-2-4-12(7-11)26-9-10(22)8-25-5-6-27-15(20,21)13(16,17)14(18,19)23/h2-4,7,10,22-23H,5-6,8-9H2,1H3. The zero-order valence-corrected chi connectivity index (χ0v) is 14.0. The lowest BCUT2D eigenvalue weighted by Gasteiger charge is -2.28. The predicted octanol–water partition coefficient (Wildman–Crippen LogP) is 2.28. The van der Waals surface area contributed by atoms with Crippen molar-refractivity contribution in [2.75, 3.05) is 33.5 Å². The van der Waals surface area contributed by atoms with Gasteiger partial charge in [-0.3, -0.25) is 0 Å². The fourth-order valence-corrected chi connectivity index (χ4v) is 1.65. The Morgan fingerprint density at radius 1 is 1.00 bits per heavy atom. The lowest BCUT2D eigenvalue weighted by Crippen LogP contribution is -2.55. The molecule has 0 aliphatic carbocycles. The van der Waals surface area contributed by atoms with Gasteiger partial charge in [-0.25, -0.2) is 0 Å². The number of aliphatic hydroxyl groups excluding tert-OH is 1. The maximum Gasteiger partial charge on any atom is 0.428 e. The fourth-order valence-electron chi connectivity index (χ4n) is 1.65. The van der Waals surface area contributed by atoms with E-state index in [0.29, 0.717) is 11.5 Å². The summed E-state index contributed by atoms with van der Waals surface area (Å²) in [5.74, 6) is -5.23. The van der Waals surface area contributed by atoms with Gasteiger partial charge in [0.2, 0.25) is 0 Å². The number of methoxy groups -OCH3 is 1. The van der Waals surface area contributed by atoms with Crippen LogP contribution in [0.15, 0.2) is 24.3 Å². The van der Waals surface area contributed by atoms with E-state index in [1.165, 1.54) is 7.11 Å². The average molecular weight is 408 g/mol. The lowest BCUT2D eigenvalue weighted by molar-refractivity contribution is -0.442. The molecule has 0 radical (unpaired) electrons. The molecule has 0 spiro atoms. The summed E-state index contributed by atoms with van der Waals surface area (Å²) < 4.78 is 93.7. The number of hydrogen-bond acceptors (Lipinski definition) is 6. The van der Waals surface area contributed by atoms with Crippen LogP contribution in [-0.4, -0.2) is 68.0 Å². The smallest absolute Gasteiger partial charge is 0.428 e. The number of halogens is 6. The highest BCUT2D eigenvalue weighted by molar-refractivity contribution is 5.32. The Morgan fingerprint density at radius 2 is 1.63 bits per heavy atom. The van der Waals surface area contributed by atoms with Gasteiger partial charge in [0.15, 0.2) is 0 Å². The van der Waals surface area contributed by atoms with Gasteiger partial charge in [-0.15, -0.1) is 0 Å². The van der Waals surface area contributed by atoms with Crippen molar-refractivity contribution in [2.24, 2.45) is 0 Å². The molecule has 27 heavy (non-hydrogen) atoms. The van der Waals surface area contributed by atoms with Crippen LogP contribution in [-0.2, 0) is 9.47 Å². The van der Waals surface area contributed by atoms with Gasteiger partial charge < -0.3 is 29.2 Å². The van der Waals surface area contributed by atoms with E-state index in [1.807, 2.05) is 0 Å². The van der Waals surface area contributed by atoms with Crippen LogP contribution in [0.3, 0.4) is 0 Å². The molecule has 1 aromatic carbocycles. The third-order valence-corrected chi connectivity index (χ3v) is 3.05.